The van der Waals surface area contributed by atoms with Crippen molar-refractivity contribution < 1.29 is 13.2 Å². The van der Waals surface area contributed by atoms with Crippen molar-refractivity contribution in [1.29, 1.82) is 5.26 Å². The molecule has 0 bridgehead atoms. The SMILES string of the molecule is N#Cc1ccc(N(Cc2c(F)cc(N)cc2F)n2cnnc2)cc1-c1ccc(F)cc1. The molecule has 0 amide bonds. The molecule has 0 saturated carbocycles. The third-order valence-electron chi connectivity index (χ3n) is 4.73. The fourth-order valence-corrected chi connectivity index (χ4v) is 3.21. The number of anilines is 2. The number of nitrogens with zero attached hydrogens (tertiary/aromatic N) is 5. The summed E-state index contributed by atoms with van der Waals surface area (Å²) in [4.78, 5) is 0. The van der Waals surface area contributed by atoms with Gasteiger partial charge in [0.1, 0.15) is 30.1 Å². The Kier molecular flexibility index (Phi) is 5.28. The van der Waals surface area contributed by atoms with E-state index in [2.05, 4.69) is 16.3 Å². The highest BCUT2D eigenvalue weighted by Gasteiger charge is 2.19. The molecular weight excluding hydrogens is 405 g/mol. The fraction of sp³-hybridized carbons (Fsp3) is 0.0455. The summed E-state index contributed by atoms with van der Waals surface area (Å²) < 4.78 is 43.7. The highest BCUT2D eigenvalue weighted by atomic mass is 19.1. The third kappa shape index (κ3) is 4.04. The molecule has 0 aliphatic heterocycles. The summed E-state index contributed by atoms with van der Waals surface area (Å²) in [6.45, 7) is -0.204. The van der Waals surface area contributed by atoms with Crippen molar-refractivity contribution in [2.24, 2.45) is 0 Å². The lowest BCUT2D eigenvalue weighted by Gasteiger charge is -2.26. The molecule has 0 spiro atoms. The first kappa shape index (κ1) is 20.0. The van der Waals surface area contributed by atoms with E-state index in [1.165, 1.54) is 34.5 Å². The van der Waals surface area contributed by atoms with Crippen LogP contribution in [0, 0.1) is 28.8 Å². The zero-order valence-corrected chi connectivity index (χ0v) is 16.0. The Balaban J connectivity index is 1.83. The Labute approximate surface area is 175 Å². The molecule has 4 aromatic rings. The van der Waals surface area contributed by atoms with Crippen molar-refractivity contribution in [2.45, 2.75) is 6.54 Å². The molecule has 154 valence electrons. The van der Waals surface area contributed by atoms with Gasteiger partial charge in [-0.05, 0) is 48.0 Å². The molecule has 0 atom stereocenters. The molecule has 1 heterocycles. The second-order valence-electron chi connectivity index (χ2n) is 6.71. The van der Waals surface area contributed by atoms with Crippen LogP contribution in [0.25, 0.3) is 11.1 Å². The maximum Gasteiger partial charge on any atom is 0.139 e. The van der Waals surface area contributed by atoms with Crippen LogP contribution >= 0.6 is 0 Å². The van der Waals surface area contributed by atoms with E-state index in [0.717, 1.165) is 12.1 Å². The maximum absolute atomic E-state index is 14.5. The summed E-state index contributed by atoms with van der Waals surface area (Å²) in [5.74, 6) is -1.98. The van der Waals surface area contributed by atoms with Crippen LogP contribution in [-0.4, -0.2) is 14.9 Å². The summed E-state index contributed by atoms with van der Waals surface area (Å²) in [7, 11) is 0. The minimum Gasteiger partial charge on any atom is -0.399 e. The predicted molar refractivity (Wildman–Crippen MR) is 109 cm³/mol. The van der Waals surface area contributed by atoms with Gasteiger partial charge in [0.2, 0.25) is 0 Å². The van der Waals surface area contributed by atoms with Gasteiger partial charge in [0, 0.05) is 16.8 Å². The third-order valence-corrected chi connectivity index (χ3v) is 4.73. The largest absolute Gasteiger partial charge is 0.399 e. The lowest BCUT2D eigenvalue weighted by molar-refractivity contribution is 0.541. The molecule has 4 rings (SSSR count). The fourth-order valence-electron chi connectivity index (χ4n) is 3.21. The van der Waals surface area contributed by atoms with Gasteiger partial charge in [0.25, 0.3) is 0 Å². The first-order valence-corrected chi connectivity index (χ1v) is 9.12. The van der Waals surface area contributed by atoms with E-state index in [1.807, 2.05) is 0 Å². The second kappa shape index (κ2) is 8.20. The van der Waals surface area contributed by atoms with Crippen LogP contribution in [0.5, 0.6) is 0 Å². The molecular formula is C22H15F3N6. The lowest BCUT2D eigenvalue weighted by Crippen LogP contribution is -2.29. The molecule has 1 aromatic heterocycles. The summed E-state index contributed by atoms with van der Waals surface area (Å²) in [6.07, 6.45) is 2.76. The van der Waals surface area contributed by atoms with Crippen molar-refractivity contribution in [3.05, 3.63) is 95.8 Å². The molecule has 2 N–H and O–H groups in total. The van der Waals surface area contributed by atoms with Gasteiger partial charge in [0.05, 0.1) is 23.9 Å². The number of nitrogens with two attached hydrogens (primary N) is 1. The zero-order valence-electron chi connectivity index (χ0n) is 16.0. The van der Waals surface area contributed by atoms with E-state index < -0.39 is 17.5 Å². The molecule has 0 fully saturated rings. The number of nitriles is 1. The molecule has 0 aliphatic carbocycles. The average Bonchev–Trinajstić information content (AvgIpc) is 3.28. The maximum atomic E-state index is 14.5. The first-order chi connectivity index (χ1) is 15.0. The van der Waals surface area contributed by atoms with Gasteiger partial charge in [-0.25, -0.2) is 17.8 Å². The molecule has 3 aromatic carbocycles. The van der Waals surface area contributed by atoms with Crippen LogP contribution in [0.3, 0.4) is 0 Å². The zero-order chi connectivity index (χ0) is 22.0. The molecule has 9 heteroatoms. The first-order valence-electron chi connectivity index (χ1n) is 9.12. The van der Waals surface area contributed by atoms with Crippen LogP contribution in [0.4, 0.5) is 24.5 Å². The number of nitrogen functional groups attached to an aromatic ring is 1. The minimum absolute atomic E-state index is 0.0217. The van der Waals surface area contributed by atoms with Crippen LogP contribution < -0.4 is 10.7 Å². The smallest absolute Gasteiger partial charge is 0.139 e. The van der Waals surface area contributed by atoms with Gasteiger partial charge < -0.3 is 5.73 Å². The molecule has 0 aliphatic rings. The number of hydrogen-bond donors (Lipinski definition) is 1. The summed E-state index contributed by atoms with van der Waals surface area (Å²) in [5, 5.41) is 18.6. The Morgan fingerprint density at radius 3 is 2.19 bits per heavy atom. The Morgan fingerprint density at radius 1 is 0.935 bits per heavy atom. The van der Waals surface area contributed by atoms with Crippen LogP contribution in [0.2, 0.25) is 0 Å². The van der Waals surface area contributed by atoms with E-state index in [1.54, 1.807) is 30.3 Å². The lowest BCUT2D eigenvalue weighted by atomic mass is 9.99. The van der Waals surface area contributed by atoms with E-state index in [9.17, 15) is 18.4 Å². The topological polar surface area (TPSA) is 83.8 Å². The van der Waals surface area contributed by atoms with Crippen LogP contribution in [0.1, 0.15) is 11.1 Å². The van der Waals surface area contributed by atoms with Crippen molar-refractivity contribution >= 4 is 11.4 Å². The summed E-state index contributed by atoms with van der Waals surface area (Å²) >= 11 is 0. The number of hydrogen-bond acceptors (Lipinski definition) is 5. The number of aromatic nitrogens is 3. The minimum atomic E-state index is -0.789. The molecule has 0 saturated heterocycles. The quantitative estimate of drug-likeness (QED) is 0.487. The predicted octanol–water partition coefficient (Wildman–Crippen LogP) is 4.29. The molecule has 0 unspecified atom stereocenters. The van der Waals surface area contributed by atoms with E-state index in [0.29, 0.717) is 22.4 Å². The normalized spacial score (nSPS) is 10.6. The molecule has 6 nitrogen and oxygen atoms in total. The second-order valence-corrected chi connectivity index (χ2v) is 6.71. The van der Waals surface area contributed by atoms with Crippen molar-refractivity contribution in [1.82, 2.24) is 14.9 Å². The average molecular weight is 420 g/mol. The van der Waals surface area contributed by atoms with Gasteiger partial charge in [-0.15, -0.1) is 10.2 Å². The van der Waals surface area contributed by atoms with Gasteiger partial charge >= 0.3 is 0 Å². The standard InChI is InChI=1S/C22H15F3N6/c23-16-4-1-14(2-5-16)19-9-18(6-3-15(19)10-26)31(30-12-28-29-13-30)11-20-21(24)7-17(27)8-22(20)25/h1-9,12-13H,11,27H2. The number of rotatable bonds is 5. The molecule has 0 radical (unpaired) electrons. The van der Waals surface area contributed by atoms with Crippen LogP contribution in [0.15, 0.2) is 67.3 Å². The van der Waals surface area contributed by atoms with Gasteiger partial charge in [-0.1, -0.05) is 12.1 Å². The van der Waals surface area contributed by atoms with E-state index >= 15 is 0 Å². The Bertz CT molecular complexity index is 1240. The van der Waals surface area contributed by atoms with E-state index in [4.69, 9.17) is 5.73 Å². The van der Waals surface area contributed by atoms with Crippen molar-refractivity contribution in [3.63, 3.8) is 0 Å². The molecule has 31 heavy (non-hydrogen) atoms. The van der Waals surface area contributed by atoms with Gasteiger partial charge in [-0.3, -0.25) is 5.01 Å². The highest BCUT2D eigenvalue weighted by Crippen LogP contribution is 2.30. The summed E-state index contributed by atoms with van der Waals surface area (Å²) in [5.41, 5.74) is 7.33. The van der Waals surface area contributed by atoms with Gasteiger partial charge in [-0.2, -0.15) is 5.26 Å². The van der Waals surface area contributed by atoms with Crippen molar-refractivity contribution in [3.8, 4) is 17.2 Å². The summed E-state index contributed by atoms with van der Waals surface area (Å²) in [6, 6.07) is 14.8. The Hall–Kier alpha value is -4.32. The van der Waals surface area contributed by atoms with Crippen LogP contribution in [-0.2, 0) is 6.54 Å². The Morgan fingerprint density at radius 2 is 1.58 bits per heavy atom. The monoisotopic (exact) mass is 420 g/mol. The van der Waals surface area contributed by atoms with Crippen molar-refractivity contribution in [2.75, 3.05) is 10.7 Å². The van der Waals surface area contributed by atoms with Gasteiger partial charge in [0.15, 0.2) is 0 Å². The number of benzene rings is 3. The van der Waals surface area contributed by atoms with E-state index in [-0.39, 0.29) is 17.8 Å². The highest BCUT2D eigenvalue weighted by molar-refractivity contribution is 5.74. The number of halogens is 3.